The molecule has 2 aromatic carbocycles. The summed E-state index contributed by atoms with van der Waals surface area (Å²) in [6.45, 7) is 2.06. The minimum atomic E-state index is 0.711. The number of benzene rings is 2. The van der Waals surface area contributed by atoms with Crippen LogP contribution in [0.15, 0.2) is 40.9 Å². The van der Waals surface area contributed by atoms with E-state index in [1.54, 1.807) is 11.3 Å². The molecule has 5 heteroatoms. The molecule has 1 N–H and O–H groups in total. The third kappa shape index (κ3) is 2.91. The van der Waals surface area contributed by atoms with E-state index in [1.165, 1.54) is 5.56 Å². The topological polar surface area (TPSA) is 24.9 Å². The summed E-state index contributed by atoms with van der Waals surface area (Å²) in [6, 6.07) is 12.0. The van der Waals surface area contributed by atoms with Crippen molar-refractivity contribution < 1.29 is 0 Å². The molecular weight excluding hydrogens is 344 g/mol. The van der Waals surface area contributed by atoms with Crippen molar-refractivity contribution in [2.24, 2.45) is 0 Å². The van der Waals surface area contributed by atoms with Gasteiger partial charge in [-0.15, -0.1) is 0 Å². The van der Waals surface area contributed by atoms with Gasteiger partial charge in [0.25, 0.3) is 0 Å². The Bertz CT molecular complexity index is 734. The van der Waals surface area contributed by atoms with Gasteiger partial charge in [0.15, 0.2) is 5.13 Å². The second-order valence-electron chi connectivity index (χ2n) is 4.27. The van der Waals surface area contributed by atoms with Gasteiger partial charge in [-0.3, -0.25) is 0 Å². The summed E-state index contributed by atoms with van der Waals surface area (Å²) in [5.74, 6) is 0. The Balaban J connectivity index is 1.96. The molecule has 2 nitrogen and oxygen atoms in total. The molecule has 19 heavy (non-hydrogen) atoms. The summed E-state index contributed by atoms with van der Waals surface area (Å²) in [4.78, 5) is 4.54. The summed E-state index contributed by atoms with van der Waals surface area (Å²) in [5, 5.41) is 4.91. The van der Waals surface area contributed by atoms with E-state index < -0.39 is 0 Å². The van der Waals surface area contributed by atoms with Crippen molar-refractivity contribution >= 4 is 59.9 Å². The Morgan fingerprint density at radius 1 is 1.21 bits per heavy atom. The molecular formula is C14H10BrClN2S. The highest BCUT2D eigenvalue weighted by Crippen LogP contribution is 2.31. The first-order chi connectivity index (χ1) is 9.10. The van der Waals surface area contributed by atoms with Crippen LogP contribution in [0.3, 0.4) is 0 Å². The molecule has 0 bridgehead atoms. The van der Waals surface area contributed by atoms with E-state index in [4.69, 9.17) is 11.6 Å². The summed E-state index contributed by atoms with van der Waals surface area (Å²) in [5.41, 5.74) is 3.14. The highest BCUT2D eigenvalue weighted by molar-refractivity contribution is 9.10. The van der Waals surface area contributed by atoms with Gasteiger partial charge in [-0.05, 0) is 48.9 Å². The van der Waals surface area contributed by atoms with Crippen LogP contribution in [0.5, 0.6) is 0 Å². The maximum atomic E-state index is 5.97. The van der Waals surface area contributed by atoms with Crippen LogP contribution < -0.4 is 5.32 Å². The molecule has 0 amide bonds. The molecule has 0 aliphatic rings. The van der Waals surface area contributed by atoms with E-state index in [9.17, 15) is 0 Å². The Kier molecular flexibility index (Phi) is 3.48. The van der Waals surface area contributed by atoms with Gasteiger partial charge in [0.1, 0.15) is 0 Å². The van der Waals surface area contributed by atoms with Crippen molar-refractivity contribution in [3.63, 3.8) is 0 Å². The van der Waals surface area contributed by atoms with Gasteiger partial charge in [0, 0.05) is 15.2 Å². The van der Waals surface area contributed by atoms with Crippen LogP contribution in [0, 0.1) is 6.92 Å². The largest absolute Gasteiger partial charge is 0.331 e. The Labute approximate surface area is 128 Å². The smallest absolute Gasteiger partial charge is 0.188 e. The van der Waals surface area contributed by atoms with Gasteiger partial charge in [0.05, 0.1) is 10.2 Å². The maximum Gasteiger partial charge on any atom is 0.188 e. The average molecular weight is 354 g/mol. The lowest BCUT2D eigenvalue weighted by atomic mass is 10.2. The van der Waals surface area contributed by atoms with E-state index in [2.05, 4.69) is 45.3 Å². The van der Waals surface area contributed by atoms with Gasteiger partial charge < -0.3 is 5.32 Å². The highest BCUT2D eigenvalue weighted by atomic mass is 79.9. The monoisotopic (exact) mass is 352 g/mol. The fourth-order valence-electron chi connectivity index (χ4n) is 1.89. The van der Waals surface area contributed by atoms with Crippen LogP contribution in [-0.2, 0) is 0 Å². The van der Waals surface area contributed by atoms with E-state index in [0.717, 1.165) is 25.5 Å². The molecule has 0 saturated carbocycles. The molecule has 1 heterocycles. The molecule has 96 valence electrons. The first-order valence-electron chi connectivity index (χ1n) is 5.70. The van der Waals surface area contributed by atoms with Gasteiger partial charge in [-0.25, -0.2) is 4.98 Å². The first-order valence-corrected chi connectivity index (χ1v) is 7.69. The SMILES string of the molecule is Cc1cc(Br)cc(Nc2nc3cc(Cl)ccc3s2)c1. The number of hydrogen-bond acceptors (Lipinski definition) is 3. The van der Waals surface area contributed by atoms with E-state index in [1.807, 2.05) is 24.3 Å². The number of fused-ring (bicyclic) bond motifs is 1. The quantitative estimate of drug-likeness (QED) is 0.633. The van der Waals surface area contributed by atoms with E-state index in [-0.39, 0.29) is 0 Å². The number of aryl methyl sites for hydroxylation is 1. The minimum Gasteiger partial charge on any atom is -0.331 e. The number of anilines is 2. The molecule has 1 aromatic heterocycles. The molecule has 0 atom stereocenters. The first kappa shape index (κ1) is 12.9. The third-order valence-electron chi connectivity index (χ3n) is 2.64. The summed E-state index contributed by atoms with van der Waals surface area (Å²) < 4.78 is 2.18. The zero-order valence-corrected chi connectivity index (χ0v) is 13.2. The Hall–Kier alpha value is -1.10. The number of nitrogens with zero attached hydrogens (tertiary/aromatic N) is 1. The fraction of sp³-hybridized carbons (Fsp3) is 0.0714. The summed E-state index contributed by atoms with van der Waals surface area (Å²) >= 11 is 11.1. The Morgan fingerprint density at radius 2 is 2.05 bits per heavy atom. The van der Waals surface area contributed by atoms with Crippen molar-refractivity contribution in [2.75, 3.05) is 5.32 Å². The van der Waals surface area contributed by atoms with Crippen LogP contribution in [0.1, 0.15) is 5.56 Å². The Morgan fingerprint density at radius 3 is 2.84 bits per heavy atom. The lowest BCUT2D eigenvalue weighted by Gasteiger charge is -2.04. The number of aromatic nitrogens is 1. The van der Waals surface area contributed by atoms with Crippen molar-refractivity contribution in [1.82, 2.24) is 4.98 Å². The molecule has 0 radical (unpaired) electrons. The van der Waals surface area contributed by atoms with Crippen molar-refractivity contribution in [3.05, 3.63) is 51.5 Å². The molecule has 0 spiro atoms. The predicted molar refractivity (Wildman–Crippen MR) is 86.8 cm³/mol. The number of halogens is 2. The lowest BCUT2D eigenvalue weighted by Crippen LogP contribution is -1.89. The lowest BCUT2D eigenvalue weighted by molar-refractivity contribution is 1.40. The summed E-state index contributed by atoms with van der Waals surface area (Å²) in [6.07, 6.45) is 0. The number of hydrogen-bond donors (Lipinski definition) is 1. The van der Waals surface area contributed by atoms with Crippen molar-refractivity contribution in [3.8, 4) is 0 Å². The van der Waals surface area contributed by atoms with Crippen LogP contribution in [0.25, 0.3) is 10.2 Å². The minimum absolute atomic E-state index is 0.711. The van der Waals surface area contributed by atoms with Crippen molar-refractivity contribution in [1.29, 1.82) is 0 Å². The molecule has 3 rings (SSSR count). The maximum absolute atomic E-state index is 5.97. The van der Waals surface area contributed by atoms with E-state index in [0.29, 0.717) is 5.02 Å². The molecule has 0 aliphatic carbocycles. The summed E-state index contributed by atoms with van der Waals surface area (Å²) in [7, 11) is 0. The highest BCUT2D eigenvalue weighted by Gasteiger charge is 2.05. The number of rotatable bonds is 2. The van der Waals surface area contributed by atoms with Crippen LogP contribution in [0.4, 0.5) is 10.8 Å². The van der Waals surface area contributed by atoms with Crippen LogP contribution >= 0.6 is 38.9 Å². The molecule has 3 aromatic rings. The predicted octanol–water partition coefficient (Wildman–Crippen LogP) is 5.76. The number of nitrogens with one attached hydrogen (secondary N) is 1. The van der Waals surface area contributed by atoms with E-state index >= 15 is 0 Å². The average Bonchev–Trinajstić information content (AvgIpc) is 2.68. The standard InChI is InChI=1S/C14H10BrClN2S/c1-8-4-9(15)6-11(5-8)17-14-18-12-7-10(16)2-3-13(12)19-14/h2-7H,1H3,(H,17,18). The van der Waals surface area contributed by atoms with Gasteiger partial charge in [-0.1, -0.05) is 38.9 Å². The van der Waals surface area contributed by atoms with Gasteiger partial charge in [-0.2, -0.15) is 0 Å². The van der Waals surface area contributed by atoms with Crippen molar-refractivity contribution in [2.45, 2.75) is 6.92 Å². The third-order valence-corrected chi connectivity index (χ3v) is 4.29. The molecule has 0 fully saturated rings. The second-order valence-corrected chi connectivity index (χ2v) is 6.66. The van der Waals surface area contributed by atoms with Gasteiger partial charge in [0.2, 0.25) is 0 Å². The fourth-order valence-corrected chi connectivity index (χ4v) is 3.53. The molecule has 0 unspecified atom stereocenters. The molecule has 0 aliphatic heterocycles. The molecule has 0 saturated heterocycles. The number of thiazole rings is 1. The second kappa shape index (κ2) is 5.12. The van der Waals surface area contributed by atoms with Crippen LogP contribution in [0.2, 0.25) is 5.02 Å². The normalized spacial score (nSPS) is 10.9. The van der Waals surface area contributed by atoms with Crippen LogP contribution in [-0.4, -0.2) is 4.98 Å². The zero-order chi connectivity index (χ0) is 13.4. The van der Waals surface area contributed by atoms with Gasteiger partial charge >= 0.3 is 0 Å². The zero-order valence-electron chi connectivity index (χ0n) is 10.1.